The number of nitrogen functional groups attached to an aromatic ring is 1. The van der Waals surface area contributed by atoms with Crippen LogP contribution in [0.15, 0.2) is 47.1 Å². The average molecular weight is 790 g/mol. The lowest BCUT2D eigenvalue weighted by atomic mass is 9.84. The molecule has 2 aliphatic heterocycles. The van der Waals surface area contributed by atoms with Gasteiger partial charge in [0.15, 0.2) is 28.8 Å². The zero-order valence-corrected chi connectivity index (χ0v) is 31.4. The number of esters is 1. The summed E-state index contributed by atoms with van der Waals surface area (Å²) in [5.74, 6) is -2.60. The lowest BCUT2D eigenvalue weighted by molar-refractivity contribution is -0.679. The van der Waals surface area contributed by atoms with Crippen LogP contribution in [-0.2, 0) is 63.3 Å². The number of nitrogens with two attached hydrogens (primary N) is 3. The molecule has 8 N–H and O–H groups in total. The molecule has 21 heteroatoms. The molecule has 0 spiro atoms. The van der Waals surface area contributed by atoms with Gasteiger partial charge in [0, 0.05) is 23.4 Å². The molecule has 1 aromatic carbocycles. The summed E-state index contributed by atoms with van der Waals surface area (Å²) in [7, 11) is -3.09. The van der Waals surface area contributed by atoms with Crippen molar-refractivity contribution in [2.24, 2.45) is 29.6 Å². The number of thiazole rings is 1. The lowest BCUT2D eigenvalue weighted by Gasteiger charge is -2.50. The highest BCUT2D eigenvalue weighted by atomic mass is 32.3. The van der Waals surface area contributed by atoms with Crippen molar-refractivity contribution in [2.75, 3.05) is 18.8 Å². The van der Waals surface area contributed by atoms with E-state index in [1.807, 2.05) is 42.1 Å². The first-order valence-electron chi connectivity index (χ1n) is 16.5. The summed E-state index contributed by atoms with van der Waals surface area (Å²) in [5.41, 5.74) is 17.1. The number of benzene rings is 1. The predicted octanol–water partition coefficient (Wildman–Crippen LogP) is -0.294. The molecular formula is C33H41N8O11S2+. The van der Waals surface area contributed by atoms with Crippen molar-refractivity contribution in [1.29, 1.82) is 0 Å². The Morgan fingerprint density at radius 1 is 1.26 bits per heavy atom. The van der Waals surface area contributed by atoms with Crippen molar-refractivity contribution >= 4 is 56.8 Å². The van der Waals surface area contributed by atoms with E-state index in [0.29, 0.717) is 30.3 Å². The number of rotatable bonds is 15. The van der Waals surface area contributed by atoms with E-state index in [4.69, 9.17) is 36.1 Å². The second kappa shape index (κ2) is 15.7. The molecule has 0 saturated carbocycles. The molecule has 3 aromatic rings. The van der Waals surface area contributed by atoms with Crippen LogP contribution in [0.25, 0.3) is 11.1 Å². The van der Waals surface area contributed by atoms with E-state index in [1.165, 1.54) is 26.2 Å². The summed E-state index contributed by atoms with van der Waals surface area (Å²) in [6.45, 7) is 4.92. The SMILES string of the molecule is C[n+]1cc(-c2ccc3c(c2)CC[C@H]([C@](C)(O/N=C(\C(=O)N[C@@H]2C(=O)N(OS(=O)(=O)O)C2(C)C)c2csc(N)n2)C(=O)OC=O)O3)ccc1CC(CN)CN. The average Bonchev–Trinajstić information content (AvgIpc) is 3.56. The van der Waals surface area contributed by atoms with Gasteiger partial charge in [-0.25, -0.2) is 14.3 Å². The van der Waals surface area contributed by atoms with Crippen LogP contribution in [0.1, 0.15) is 44.1 Å². The number of carbonyl (C=O) groups is 4. The Balaban J connectivity index is 1.39. The van der Waals surface area contributed by atoms with Crippen LogP contribution in [0.5, 0.6) is 5.75 Å². The van der Waals surface area contributed by atoms with E-state index in [0.717, 1.165) is 40.1 Å². The maximum absolute atomic E-state index is 13.6. The monoisotopic (exact) mass is 789 g/mol. The number of hydroxylamine groups is 2. The number of hydrogen-bond acceptors (Lipinski definition) is 16. The van der Waals surface area contributed by atoms with Gasteiger partial charge in [-0.3, -0.25) is 18.9 Å². The molecule has 54 heavy (non-hydrogen) atoms. The second-order valence-electron chi connectivity index (χ2n) is 13.4. The predicted molar refractivity (Wildman–Crippen MR) is 191 cm³/mol. The summed E-state index contributed by atoms with van der Waals surface area (Å²) in [6.07, 6.45) is 2.30. The molecule has 0 bridgehead atoms. The number of carbonyl (C=O) groups excluding carboxylic acids is 4. The number of oxime groups is 1. The molecule has 0 radical (unpaired) electrons. The van der Waals surface area contributed by atoms with Gasteiger partial charge in [-0.1, -0.05) is 11.2 Å². The van der Waals surface area contributed by atoms with Gasteiger partial charge in [0.25, 0.3) is 17.4 Å². The quantitative estimate of drug-likeness (QED) is 0.0193. The largest absolute Gasteiger partial charge is 0.485 e. The van der Waals surface area contributed by atoms with Gasteiger partial charge in [-0.2, -0.15) is 13.5 Å². The normalized spacial score (nSPS) is 19.2. The highest BCUT2D eigenvalue weighted by Gasteiger charge is 2.58. The van der Waals surface area contributed by atoms with Gasteiger partial charge < -0.3 is 36.8 Å². The Morgan fingerprint density at radius 3 is 2.56 bits per heavy atom. The minimum atomic E-state index is -5.05. The third kappa shape index (κ3) is 8.35. The molecule has 1 saturated heterocycles. The minimum Gasteiger partial charge on any atom is -0.485 e. The lowest BCUT2D eigenvalue weighted by Crippen LogP contribution is -2.76. The zero-order chi connectivity index (χ0) is 39.6. The fourth-order valence-corrected chi connectivity index (χ4v) is 7.09. The Hall–Kier alpha value is -5.06. The Labute approximate surface area is 314 Å². The molecule has 0 unspecified atom stereocenters. The van der Waals surface area contributed by atoms with Crippen molar-refractivity contribution in [3.63, 3.8) is 0 Å². The van der Waals surface area contributed by atoms with E-state index in [9.17, 15) is 27.6 Å². The third-order valence-corrected chi connectivity index (χ3v) is 10.4. The van der Waals surface area contributed by atoms with E-state index >= 15 is 0 Å². The number of nitrogens with zero attached hydrogens (tertiary/aromatic N) is 4. The van der Waals surface area contributed by atoms with Gasteiger partial charge in [0.1, 0.15) is 24.5 Å². The van der Waals surface area contributed by atoms with Crippen LogP contribution in [-0.4, -0.2) is 89.4 Å². The van der Waals surface area contributed by atoms with Crippen LogP contribution in [0.3, 0.4) is 0 Å². The molecule has 2 aliphatic rings. The molecule has 1 fully saturated rings. The molecule has 5 rings (SSSR count). The highest BCUT2D eigenvalue weighted by Crippen LogP contribution is 2.37. The van der Waals surface area contributed by atoms with Crippen LogP contribution in [0, 0.1) is 5.92 Å². The standard InChI is InChI=1S/C33H40N8O11S2/c1-32(2)27(29(44)41(32)52-54(46,47)48)38-28(43)26(23-16-53-31(36)37-23)39-51-33(3,30(45)49-17-42)25-10-7-20-12-19(6-9-24(20)50-25)21-5-8-22(40(4)15-21)11-18(13-34)14-35/h5-6,8-9,12,15-18,25,27H,7,10-11,13-14,34-35H2,1-4H3,(H3-,36,37,38,43,46,47,48)/p+1/b39-26-/t25-,27-,33+/m1/s1. The molecule has 3 atom stereocenters. The maximum Gasteiger partial charge on any atom is 0.418 e. The number of β-lactam (4-membered cyclic amide) rings is 1. The Bertz CT molecular complexity index is 2090. The first kappa shape index (κ1) is 40.1. The molecule has 2 amide bonds. The zero-order valence-electron chi connectivity index (χ0n) is 29.8. The summed E-state index contributed by atoms with van der Waals surface area (Å²) < 4.78 is 48.8. The first-order valence-corrected chi connectivity index (χ1v) is 18.8. The van der Waals surface area contributed by atoms with Crippen molar-refractivity contribution in [2.45, 2.75) is 63.3 Å². The second-order valence-corrected chi connectivity index (χ2v) is 15.3. The number of fused-ring (bicyclic) bond motifs is 1. The van der Waals surface area contributed by atoms with E-state index in [-0.39, 0.29) is 29.6 Å². The van der Waals surface area contributed by atoms with Crippen molar-refractivity contribution in [1.82, 2.24) is 15.4 Å². The highest BCUT2D eigenvalue weighted by molar-refractivity contribution is 7.80. The van der Waals surface area contributed by atoms with Gasteiger partial charge >= 0.3 is 22.8 Å². The van der Waals surface area contributed by atoms with Gasteiger partial charge in [0.05, 0.1) is 5.54 Å². The van der Waals surface area contributed by atoms with E-state index in [2.05, 4.69) is 19.7 Å². The molecule has 4 heterocycles. The first-order chi connectivity index (χ1) is 25.4. The van der Waals surface area contributed by atoms with Crippen molar-refractivity contribution in [3.8, 4) is 16.9 Å². The number of pyridine rings is 1. The molecule has 19 nitrogen and oxygen atoms in total. The number of aryl methyl sites for hydroxylation is 2. The number of hydrogen-bond donors (Lipinski definition) is 5. The number of amides is 2. The van der Waals surface area contributed by atoms with Crippen LogP contribution in [0.4, 0.5) is 5.13 Å². The third-order valence-electron chi connectivity index (χ3n) is 9.35. The maximum atomic E-state index is 13.6. The minimum absolute atomic E-state index is 0.0459. The molecule has 2 aromatic heterocycles. The van der Waals surface area contributed by atoms with E-state index < -0.39 is 57.2 Å². The van der Waals surface area contributed by atoms with Crippen LogP contribution < -0.4 is 31.8 Å². The molecular weight excluding hydrogens is 749 g/mol. The summed E-state index contributed by atoms with van der Waals surface area (Å²) in [6, 6.07) is 8.28. The van der Waals surface area contributed by atoms with Crippen LogP contribution >= 0.6 is 11.3 Å². The fraction of sp³-hybridized carbons (Fsp3) is 0.424. The number of aromatic nitrogens is 2. The Morgan fingerprint density at radius 2 is 1.96 bits per heavy atom. The van der Waals surface area contributed by atoms with Gasteiger partial charge in [0.2, 0.25) is 0 Å². The van der Waals surface area contributed by atoms with Crippen molar-refractivity contribution in [3.05, 3.63) is 58.9 Å². The number of anilines is 1. The van der Waals surface area contributed by atoms with E-state index in [1.54, 1.807) is 6.07 Å². The summed E-state index contributed by atoms with van der Waals surface area (Å²) in [5, 5.41) is 8.17. The topological polar surface area (TPSA) is 282 Å². The van der Waals surface area contributed by atoms with Crippen molar-refractivity contribution < 1.29 is 55.3 Å². The van der Waals surface area contributed by atoms with Gasteiger partial charge in [-0.15, -0.1) is 15.6 Å². The number of ether oxygens (including phenoxy) is 2. The Kier molecular flexibility index (Phi) is 11.7. The molecule has 290 valence electrons. The summed E-state index contributed by atoms with van der Waals surface area (Å²) >= 11 is 0.956. The number of nitrogens with one attached hydrogen (secondary N) is 1. The fourth-order valence-electron chi connectivity index (χ4n) is 6.08. The smallest absolute Gasteiger partial charge is 0.418 e. The summed E-state index contributed by atoms with van der Waals surface area (Å²) in [4.78, 5) is 60.7. The molecule has 0 aliphatic carbocycles. The van der Waals surface area contributed by atoms with Gasteiger partial charge in [-0.05, 0) is 81.9 Å². The van der Waals surface area contributed by atoms with Crippen LogP contribution in [0.2, 0.25) is 0 Å².